The van der Waals surface area contributed by atoms with E-state index in [4.69, 9.17) is 0 Å². The van der Waals surface area contributed by atoms with Gasteiger partial charge in [0.15, 0.2) is 0 Å². The highest BCUT2D eigenvalue weighted by molar-refractivity contribution is 5.96. The number of hydrogen-bond acceptors (Lipinski definition) is 2. The summed E-state index contributed by atoms with van der Waals surface area (Å²) >= 11 is 0. The molecule has 1 N–H and O–H groups in total. The molecule has 0 aromatic heterocycles. The summed E-state index contributed by atoms with van der Waals surface area (Å²) in [6.45, 7) is 11.3. The lowest BCUT2D eigenvalue weighted by atomic mass is 9.92. The molecule has 3 nitrogen and oxygen atoms in total. The maximum absolute atomic E-state index is 12.9. The number of amides is 1. The van der Waals surface area contributed by atoms with Gasteiger partial charge in [-0.2, -0.15) is 0 Å². The molecule has 0 fully saturated rings. The van der Waals surface area contributed by atoms with Gasteiger partial charge in [0.1, 0.15) is 0 Å². The zero-order valence-corrected chi connectivity index (χ0v) is 16.5. The van der Waals surface area contributed by atoms with E-state index in [0.29, 0.717) is 24.4 Å². The van der Waals surface area contributed by atoms with Crippen molar-refractivity contribution in [1.82, 2.24) is 0 Å². The molecule has 0 spiro atoms. The Hall–Kier alpha value is -2.29. The molecule has 1 aliphatic heterocycles. The van der Waals surface area contributed by atoms with Crippen LogP contribution in [0.3, 0.4) is 0 Å². The molecule has 0 radical (unpaired) electrons. The van der Waals surface area contributed by atoms with Crippen molar-refractivity contribution in [1.29, 1.82) is 0 Å². The number of carbonyl (C=O) groups is 1. The van der Waals surface area contributed by atoms with Crippen molar-refractivity contribution in [3.8, 4) is 0 Å². The maximum Gasteiger partial charge on any atom is 0.243 e. The van der Waals surface area contributed by atoms with Crippen molar-refractivity contribution >= 4 is 17.3 Å². The lowest BCUT2D eigenvalue weighted by Crippen LogP contribution is -2.37. The Morgan fingerprint density at radius 2 is 1.65 bits per heavy atom. The van der Waals surface area contributed by atoms with E-state index in [0.717, 1.165) is 12.1 Å². The van der Waals surface area contributed by atoms with Crippen LogP contribution in [0.5, 0.6) is 0 Å². The van der Waals surface area contributed by atoms with Crippen molar-refractivity contribution in [2.75, 3.05) is 16.8 Å². The summed E-state index contributed by atoms with van der Waals surface area (Å²) in [6, 6.07) is 15.1. The van der Waals surface area contributed by atoms with E-state index >= 15 is 0 Å². The summed E-state index contributed by atoms with van der Waals surface area (Å²) < 4.78 is 0. The molecule has 1 amide bonds. The molecule has 26 heavy (non-hydrogen) atoms. The number of carbonyl (C=O) groups excluding carboxylic acids is 1. The van der Waals surface area contributed by atoms with Crippen LogP contribution < -0.4 is 10.2 Å². The largest absolute Gasteiger partial charge is 0.359 e. The van der Waals surface area contributed by atoms with Crippen molar-refractivity contribution in [2.24, 2.45) is 0 Å². The standard InChI is InChI=1S/C23H30N2O/c1-15(2)19-10-8-11-20(16(3)4)23(19)24-22(26)14-25-17(5)13-18-9-6-7-12-21(18)25/h6-12,15-17H,13-14H2,1-5H3,(H,24,26)/t17-/m0/s1. The molecule has 0 bridgehead atoms. The van der Waals surface area contributed by atoms with Crippen LogP contribution in [0.4, 0.5) is 11.4 Å². The van der Waals surface area contributed by atoms with Crippen molar-refractivity contribution in [3.63, 3.8) is 0 Å². The van der Waals surface area contributed by atoms with Gasteiger partial charge in [0, 0.05) is 17.4 Å². The summed E-state index contributed by atoms with van der Waals surface area (Å²) in [5.41, 5.74) is 5.94. The minimum atomic E-state index is 0.0588. The topological polar surface area (TPSA) is 32.3 Å². The Morgan fingerprint density at radius 3 is 2.27 bits per heavy atom. The van der Waals surface area contributed by atoms with Crippen molar-refractivity contribution in [2.45, 2.75) is 58.9 Å². The van der Waals surface area contributed by atoms with E-state index in [-0.39, 0.29) is 5.91 Å². The zero-order valence-electron chi connectivity index (χ0n) is 16.5. The highest BCUT2D eigenvalue weighted by Gasteiger charge is 2.27. The van der Waals surface area contributed by atoms with Gasteiger partial charge in [-0.3, -0.25) is 4.79 Å². The van der Waals surface area contributed by atoms with Gasteiger partial charge >= 0.3 is 0 Å². The minimum Gasteiger partial charge on any atom is -0.359 e. The second kappa shape index (κ2) is 7.53. The number of anilines is 2. The zero-order chi connectivity index (χ0) is 18.8. The third kappa shape index (κ3) is 3.62. The first-order valence-corrected chi connectivity index (χ1v) is 9.65. The second-order valence-corrected chi connectivity index (χ2v) is 7.98. The van der Waals surface area contributed by atoms with Crippen LogP contribution in [0.2, 0.25) is 0 Å². The van der Waals surface area contributed by atoms with E-state index in [1.54, 1.807) is 0 Å². The summed E-state index contributed by atoms with van der Waals surface area (Å²) in [6.07, 6.45) is 1.00. The lowest BCUT2D eigenvalue weighted by Gasteiger charge is -2.26. The first-order valence-electron chi connectivity index (χ1n) is 9.65. The minimum absolute atomic E-state index is 0.0588. The van der Waals surface area contributed by atoms with Gasteiger partial charge in [-0.15, -0.1) is 0 Å². The van der Waals surface area contributed by atoms with Gasteiger partial charge in [0.05, 0.1) is 6.54 Å². The second-order valence-electron chi connectivity index (χ2n) is 7.98. The van der Waals surface area contributed by atoms with E-state index in [1.807, 2.05) is 6.07 Å². The van der Waals surface area contributed by atoms with Crippen LogP contribution >= 0.6 is 0 Å². The average Bonchev–Trinajstić information content (AvgIpc) is 2.90. The summed E-state index contributed by atoms with van der Waals surface area (Å²) in [5, 5.41) is 3.24. The molecular formula is C23H30N2O. The fraction of sp³-hybridized carbons (Fsp3) is 0.435. The predicted octanol–water partition coefficient (Wildman–Crippen LogP) is 5.32. The van der Waals surface area contributed by atoms with E-state index in [2.05, 4.69) is 81.2 Å². The van der Waals surface area contributed by atoms with Gasteiger partial charge in [-0.1, -0.05) is 64.1 Å². The number of nitrogens with zero attached hydrogens (tertiary/aromatic N) is 1. The van der Waals surface area contributed by atoms with Crippen molar-refractivity contribution in [3.05, 3.63) is 59.2 Å². The Kier molecular flexibility index (Phi) is 5.36. The third-order valence-corrected chi connectivity index (χ3v) is 5.30. The summed E-state index contributed by atoms with van der Waals surface area (Å²) in [4.78, 5) is 15.1. The average molecular weight is 351 g/mol. The molecule has 138 valence electrons. The van der Waals surface area contributed by atoms with Crippen LogP contribution in [0.15, 0.2) is 42.5 Å². The molecule has 0 aliphatic carbocycles. The monoisotopic (exact) mass is 350 g/mol. The molecule has 2 aromatic rings. The third-order valence-electron chi connectivity index (χ3n) is 5.30. The molecule has 0 saturated carbocycles. The molecule has 2 aromatic carbocycles. The Morgan fingerprint density at radius 1 is 1.04 bits per heavy atom. The SMILES string of the molecule is CC(C)c1cccc(C(C)C)c1NC(=O)CN1c2ccccc2C[C@@H]1C. The van der Waals surface area contributed by atoms with Crippen LogP contribution in [0, 0.1) is 0 Å². The smallest absolute Gasteiger partial charge is 0.243 e. The Balaban J connectivity index is 1.83. The number of fused-ring (bicyclic) bond motifs is 1. The summed E-state index contributed by atoms with van der Waals surface area (Å²) in [7, 11) is 0. The molecule has 0 saturated heterocycles. The highest BCUT2D eigenvalue weighted by Crippen LogP contribution is 2.34. The molecular weight excluding hydrogens is 320 g/mol. The molecule has 1 atom stereocenters. The fourth-order valence-corrected chi connectivity index (χ4v) is 3.90. The molecule has 0 unspecified atom stereocenters. The first kappa shape index (κ1) is 18.5. The van der Waals surface area contributed by atoms with Gasteiger partial charge in [-0.25, -0.2) is 0 Å². The molecule has 1 heterocycles. The van der Waals surface area contributed by atoms with E-state index < -0.39 is 0 Å². The number of nitrogens with one attached hydrogen (secondary N) is 1. The van der Waals surface area contributed by atoms with Crippen LogP contribution in [-0.4, -0.2) is 18.5 Å². The fourth-order valence-electron chi connectivity index (χ4n) is 3.90. The molecule has 1 aliphatic rings. The normalized spacial score (nSPS) is 16.3. The van der Waals surface area contributed by atoms with Crippen molar-refractivity contribution < 1.29 is 4.79 Å². The van der Waals surface area contributed by atoms with Gasteiger partial charge < -0.3 is 10.2 Å². The number of rotatable bonds is 5. The van der Waals surface area contributed by atoms with Crippen LogP contribution in [-0.2, 0) is 11.2 Å². The highest BCUT2D eigenvalue weighted by atomic mass is 16.2. The lowest BCUT2D eigenvalue weighted by molar-refractivity contribution is -0.115. The molecule has 3 rings (SSSR count). The Bertz CT molecular complexity index is 768. The van der Waals surface area contributed by atoms with E-state index in [1.165, 1.54) is 22.4 Å². The van der Waals surface area contributed by atoms with E-state index in [9.17, 15) is 4.79 Å². The van der Waals surface area contributed by atoms with Gasteiger partial charge in [-0.05, 0) is 47.9 Å². The van der Waals surface area contributed by atoms with Gasteiger partial charge in [0.25, 0.3) is 0 Å². The number of benzene rings is 2. The maximum atomic E-state index is 12.9. The molecule has 3 heteroatoms. The number of hydrogen-bond donors (Lipinski definition) is 1. The summed E-state index contributed by atoms with van der Waals surface area (Å²) in [5.74, 6) is 0.800. The Labute approximate surface area is 157 Å². The predicted molar refractivity (Wildman–Crippen MR) is 110 cm³/mol. The quantitative estimate of drug-likeness (QED) is 0.791. The van der Waals surface area contributed by atoms with Crippen LogP contribution in [0.25, 0.3) is 0 Å². The number of para-hydroxylation sites is 2. The van der Waals surface area contributed by atoms with Crippen LogP contribution in [0.1, 0.15) is 63.1 Å². The van der Waals surface area contributed by atoms with Gasteiger partial charge in [0.2, 0.25) is 5.91 Å². The first-order chi connectivity index (χ1) is 12.4.